The lowest BCUT2D eigenvalue weighted by molar-refractivity contribution is 0.689. The van der Waals surface area contributed by atoms with Gasteiger partial charge in [0.25, 0.3) is 0 Å². The first-order chi connectivity index (χ1) is 2.00. The van der Waals surface area contributed by atoms with Crippen LogP contribution in [-0.2, 0) is 7.10 Å². The number of hydrogen-bond donors (Lipinski definition) is 1. The third-order valence-electron chi connectivity index (χ3n) is 0. The molecule has 0 atom stereocenters. The van der Waals surface area contributed by atoms with Crippen LogP contribution in [0.4, 0.5) is 0 Å². The van der Waals surface area contributed by atoms with Crippen LogP contribution in [-0.4, -0.2) is 16.7 Å². The van der Waals surface area contributed by atoms with Crippen LogP contribution in [0.25, 0.3) is 0 Å². The molecule has 5 heavy (non-hydrogen) atoms. The van der Waals surface area contributed by atoms with E-state index < -0.39 is 7.10 Å². The topological polar surface area (TPSA) is 17.1 Å². The van der Waals surface area contributed by atoms with Crippen molar-refractivity contribution in [3.8, 4) is 0 Å². The summed E-state index contributed by atoms with van der Waals surface area (Å²) >= 11 is 1.93. The van der Waals surface area contributed by atoms with Crippen LogP contribution in [0.2, 0.25) is 0 Å². The van der Waals surface area contributed by atoms with Crippen molar-refractivity contribution in [3.63, 3.8) is 0 Å². The van der Waals surface area contributed by atoms with E-state index >= 15 is 0 Å². The van der Waals surface area contributed by atoms with E-state index in [2.05, 4.69) is 0 Å². The molecule has 0 N–H and O–H groups in total. The van der Waals surface area contributed by atoms with E-state index in [9.17, 15) is 4.21 Å². The molecule has 0 fully saturated rings. The van der Waals surface area contributed by atoms with Gasteiger partial charge in [-0.15, -0.1) is 0 Å². The Bertz CT molecular complexity index is 55.8. The predicted molar refractivity (Wildman–Crippen MR) is 35.4 cm³/mol. The van der Waals surface area contributed by atoms with Gasteiger partial charge < -0.3 is 0 Å². The first kappa shape index (κ1) is 5.88. The zero-order valence-electron chi connectivity index (χ0n) is 3.23. The van der Waals surface area contributed by atoms with Crippen molar-refractivity contribution in [2.24, 2.45) is 0 Å². The summed E-state index contributed by atoms with van der Waals surface area (Å²) < 4.78 is 10.2. The molecule has 0 radical (unpaired) electrons. The third-order valence-corrected chi connectivity index (χ3v) is 0. The van der Waals surface area contributed by atoms with Crippen molar-refractivity contribution in [2.45, 2.75) is 0 Å². The molecule has 34 valence electrons. The Labute approximate surface area is 45.2 Å². The molecule has 0 aliphatic heterocycles. The van der Waals surface area contributed by atoms with Crippen LogP contribution in [0.15, 0.2) is 0 Å². The van der Waals surface area contributed by atoms with E-state index in [-0.39, 0.29) is 0 Å². The minimum absolute atomic E-state index is 1.67. The van der Waals surface area contributed by atoms with E-state index in [1.165, 1.54) is 0 Å². The number of hydrogen-bond acceptors (Lipinski definition) is 1. The fourth-order valence-corrected chi connectivity index (χ4v) is 0. The second-order valence-corrected chi connectivity index (χ2v) is 10.6. The molecule has 0 heterocycles. The average molecular weight is 206 g/mol. The van der Waals surface area contributed by atoms with Crippen LogP contribution in [0.3, 0.4) is 0 Å². The first-order valence-electron chi connectivity index (χ1n) is 1.25. The molecule has 0 unspecified atom stereocenters. The Morgan fingerprint density at radius 1 is 1.60 bits per heavy atom. The highest BCUT2D eigenvalue weighted by Gasteiger charge is 1.82. The molecular weight excluding hydrogens is 199 g/mol. The highest BCUT2D eigenvalue weighted by atomic mass is 127. The summed E-state index contributed by atoms with van der Waals surface area (Å²) in [6.45, 7) is 0. The zero-order valence-corrected chi connectivity index (χ0v) is 6.29. The molecule has 0 spiro atoms. The normalized spacial score (nSPS) is 15.0. The highest BCUT2D eigenvalue weighted by molar-refractivity contribution is 14.2. The van der Waals surface area contributed by atoms with Gasteiger partial charge in [0.1, 0.15) is 0 Å². The van der Waals surface area contributed by atoms with Gasteiger partial charge in [0.15, 0.2) is 0 Å². The molecule has 0 aliphatic carbocycles. The van der Waals surface area contributed by atoms with Crippen LogP contribution in [0.1, 0.15) is 0 Å². The first-order valence-corrected chi connectivity index (χ1v) is 6.63. The Balaban J connectivity index is 3.47. The molecule has 0 rings (SSSR count). The molecular formula is C2H7IOS. The smallest absolute Gasteiger partial charge is 0.00256 e. The second-order valence-electron chi connectivity index (χ2n) is 1.22. The lowest BCUT2D eigenvalue weighted by Crippen LogP contribution is -1.88. The van der Waals surface area contributed by atoms with E-state index in [0.29, 0.717) is 0 Å². The van der Waals surface area contributed by atoms with Crippen molar-refractivity contribution >= 4 is 28.3 Å². The Hall–Kier alpha value is 0.880. The largest absolute Gasteiger partial charge is 0.276 e. The quantitative estimate of drug-likeness (QED) is 0.349. The van der Waals surface area contributed by atoms with Crippen molar-refractivity contribution in [3.05, 3.63) is 0 Å². The number of thiol groups is 1. The SMILES string of the molecule is C[SH](C)(=O)I. The molecule has 0 aromatic carbocycles. The minimum atomic E-state index is -1.67. The van der Waals surface area contributed by atoms with Crippen LogP contribution in [0.5, 0.6) is 0 Å². The lowest BCUT2D eigenvalue weighted by Gasteiger charge is -1.92. The summed E-state index contributed by atoms with van der Waals surface area (Å²) in [7, 11) is -1.67. The van der Waals surface area contributed by atoms with Crippen LogP contribution < -0.4 is 0 Å². The second kappa shape index (κ2) is 1.55. The third kappa shape index (κ3) is 52.3. The summed E-state index contributed by atoms with van der Waals surface area (Å²) in [4.78, 5) is 0. The molecule has 0 aromatic rings. The van der Waals surface area contributed by atoms with Gasteiger partial charge in [-0.1, -0.05) is 7.10 Å². The van der Waals surface area contributed by atoms with Crippen molar-refractivity contribution < 1.29 is 4.21 Å². The Morgan fingerprint density at radius 3 is 1.60 bits per heavy atom. The van der Waals surface area contributed by atoms with Crippen LogP contribution in [0, 0.1) is 0 Å². The highest BCUT2D eigenvalue weighted by Crippen LogP contribution is 2.01. The maximum Gasteiger partial charge on any atom is 0.00256 e. The monoisotopic (exact) mass is 206 g/mol. The summed E-state index contributed by atoms with van der Waals surface area (Å²) in [5.74, 6) is 0. The lowest BCUT2D eigenvalue weighted by atomic mass is 11.9. The van der Waals surface area contributed by atoms with Gasteiger partial charge >= 0.3 is 0 Å². The number of rotatable bonds is 0. The summed E-state index contributed by atoms with van der Waals surface area (Å²) in [6, 6.07) is 0. The maximum absolute atomic E-state index is 10.2. The van der Waals surface area contributed by atoms with Gasteiger partial charge in [0, 0.05) is 21.2 Å². The van der Waals surface area contributed by atoms with Gasteiger partial charge in [0.05, 0.1) is 0 Å². The van der Waals surface area contributed by atoms with Gasteiger partial charge in [-0.25, -0.2) is 0 Å². The molecule has 0 bridgehead atoms. The fraction of sp³-hybridized carbons (Fsp3) is 1.00. The molecule has 0 aromatic heterocycles. The van der Waals surface area contributed by atoms with E-state index in [1.807, 2.05) is 21.2 Å². The fourth-order valence-electron chi connectivity index (χ4n) is 0. The van der Waals surface area contributed by atoms with Gasteiger partial charge in [-0.05, 0) is 12.5 Å². The average Bonchev–Trinajstić information content (AvgIpc) is 0.722. The van der Waals surface area contributed by atoms with Gasteiger partial charge in [-0.3, -0.25) is 4.21 Å². The van der Waals surface area contributed by atoms with E-state index in [1.54, 1.807) is 12.5 Å². The Morgan fingerprint density at radius 2 is 1.60 bits per heavy atom. The van der Waals surface area contributed by atoms with E-state index in [0.717, 1.165) is 0 Å². The van der Waals surface area contributed by atoms with Gasteiger partial charge in [-0.2, -0.15) is 0 Å². The van der Waals surface area contributed by atoms with E-state index in [4.69, 9.17) is 0 Å². The molecule has 0 aliphatic rings. The summed E-state index contributed by atoms with van der Waals surface area (Å²) in [5.41, 5.74) is 0. The predicted octanol–water partition coefficient (Wildman–Crippen LogP) is 0.613. The maximum atomic E-state index is 10.2. The van der Waals surface area contributed by atoms with Crippen molar-refractivity contribution in [1.82, 2.24) is 0 Å². The summed E-state index contributed by atoms with van der Waals surface area (Å²) in [5, 5.41) is 0. The minimum Gasteiger partial charge on any atom is -0.276 e. The molecule has 3 heteroatoms. The van der Waals surface area contributed by atoms with Crippen molar-refractivity contribution in [2.75, 3.05) is 12.5 Å². The van der Waals surface area contributed by atoms with Crippen LogP contribution >= 0.6 is 21.2 Å². The standard InChI is InChI=1S/C2H7IOS/c1-5(2,3)4/h5H,1-2H3. The van der Waals surface area contributed by atoms with Crippen molar-refractivity contribution in [1.29, 1.82) is 0 Å². The molecule has 0 saturated carbocycles. The molecule has 0 saturated heterocycles. The van der Waals surface area contributed by atoms with Gasteiger partial charge in [0.2, 0.25) is 0 Å². The molecule has 0 amide bonds. The zero-order chi connectivity index (χ0) is 4.50. The molecule has 1 nitrogen and oxygen atoms in total. The number of halogens is 1. The summed E-state index contributed by atoms with van der Waals surface area (Å²) in [6.07, 6.45) is 3.46. The Kier molecular flexibility index (Phi) is 1.83.